The van der Waals surface area contributed by atoms with E-state index in [9.17, 15) is 4.79 Å². The molecule has 2 N–H and O–H groups in total. The molecule has 0 saturated heterocycles. The van der Waals surface area contributed by atoms with Gasteiger partial charge in [0.05, 0.1) is 11.8 Å². The van der Waals surface area contributed by atoms with Gasteiger partial charge in [-0.05, 0) is 11.5 Å². The van der Waals surface area contributed by atoms with E-state index in [0.717, 1.165) is 11.5 Å². The van der Waals surface area contributed by atoms with Crippen LogP contribution in [-0.4, -0.2) is 9.49 Å². The van der Waals surface area contributed by atoms with Gasteiger partial charge in [-0.15, -0.1) is 12.6 Å². The standard InChI is InChI=1S/C4H4N2OS2/c5-3-2(4(7)8)1-6-9-3/h1H,5H2,(H,7,8). The number of nitrogens with two attached hydrogens (primary N) is 1. The lowest BCUT2D eigenvalue weighted by Crippen LogP contribution is -1.90. The molecule has 0 amide bonds. The lowest BCUT2D eigenvalue weighted by molar-refractivity contribution is 0.109. The number of thiol groups is 1. The van der Waals surface area contributed by atoms with E-state index >= 15 is 0 Å². The fraction of sp³-hybridized carbons (Fsp3) is 0. The van der Waals surface area contributed by atoms with E-state index in [4.69, 9.17) is 5.73 Å². The molecule has 3 nitrogen and oxygen atoms in total. The minimum atomic E-state index is -0.332. The highest BCUT2D eigenvalue weighted by atomic mass is 32.1. The summed E-state index contributed by atoms with van der Waals surface area (Å²) in [5.74, 6) is 0. The van der Waals surface area contributed by atoms with Crippen molar-refractivity contribution in [2.24, 2.45) is 0 Å². The van der Waals surface area contributed by atoms with E-state index in [1.54, 1.807) is 0 Å². The largest absolute Gasteiger partial charge is 0.389 e. The predicted octanol–water partition coefficient (Wildman–Crippen LogP) is 0.795. The highest BCUT2D eigenvalue weighted by Crippen LogP contribution is 2.16. The zero-order valence-corrected chi connectivity index (χ0v) is 6.08. The van der Waals surface area contributed by atoms with Crippen LogP contribution >= 0.6 is 24.2 Å². The van der Waals surface area contributed by atoms with Crippen LogP contribution in [0, 0.1) is 0 Å². The highest BCUT2D eigenvalue weighted by Gasteiger charge is 2.05. The molecule has 1 aromatic heterocycles. The Hall–Kier alpha value is -0.550. The molecule has 1 aromatic rings. The first kappa shape index (κ1) is 6.57. The number of aromatic nitrogens is 1. The summed E-state index contributed by atoms with van der Waals surface area (Å²) in [6.07, 6.45) is 1.41. The zero-order chi connectivity index (χ0) is 6.85. The first-order valence-electron chi connectivity index (χ1n) is 2.15. The summed E-state index contributed by atoms with van der Waals surface area (Å²) >= 11 is 4.66. The number of nitrogen functional groups attached to an aromatic ring is 1. The second-order valence-corrected chi connectivity index (χ2v) is 2.65. The number of hydrogen-bond donors (Lipinski definition) is 2. The smallest absolute Gasteiger partial charge is 0.220 e. The Labute approximate surface area is 61.5 Å². The van der Waals surface area contributed by atoms with Gasteiger partial charge < -0.3 is 5.73 Å². The van der Waals surface area contributed by atoms with Gasteiger partial charge in [0.25, 0.3) is 0 Å². The third kappa shape index (κ3) is 1.22. The predicted molar refractivity (Wildman–Crippen MR) is 39.8 cm³/mol. The molecule has 0 spiro atoms. The number of hydrogen-bond acceptors (Lipinski definition) is 4. The molecule has 0 unspecified atom stereocenters. The molecule has 0 saturated carbocycles. The quantitative estimate of drug-likeness (QED) is 0.597. The maximum atomic E-state index is 10.5. The molecule has 9 heavy (non-hydrogen) atoms. The van der Waals surface area contributed by atoms with Crippen molar-refractivity contribution in [2.45, 2.75) is 0 Å². The van der Waals surface area contributed by atoms with Crippen molar-refractivity contribution in [1.29, 1.82) is 0 Å². The molecule has 0 radical (unpaired) electrons. The maximum absolute atomic E-state index is 10.5. The molecule has 0 atom stereocenters. The van der Waals surface area contributed by atoms with Crippen molar-refractivity contribution in [3.8, 4) is 0 Å². The van der Waals surface area contributed by atoms with Crippen LogP contribution in [0.2, 0.25) is 0 Å². The molecule has 0 aliphatic rings. The molecular weight excluding hydrogens is 156 g/mol. The van der Waals surface area contributed by atoms with E-state index in [0.29, 0.717) is 10.6 Å². The lowest BCUT2D eigenvalue weighted by atomic mass is 10.4. The van der Waals surface area contributed by atoms with E-state index in [-0.39, 0.29) is 5.12 Å². The summed E-state index contributed by atoms with van der Waals surface area (Å²) in [5, 5.41) is 0.0938. The second-order valence-electron chi connectivity index (χ2n) is 1.41. The van der Waals surface area contributed by atoms with Gasteiger partial charge in [-0.3, -0.25) is 4.79 Å². The average Bonchev–Trinajstić information content (AvgIpc) is 2.13. The van der Waals surface area contributed by atoms with Crippen molar-refractivity contribution in [1.82, 2.24) is 4.37 Å². The maximum Gasteiger partial charge on any atom is 0.220 e. The van der Waals surface area contributed by atoms with Gasteiger partial charge in [-0.25, -0.2) is 0 Å². The first-order valence-corrected chi connectivity index (χ1v) is 3.37. The van der Waals surface area contributed by atoms with Crippen LogP contribution in [0.5, 0.6) is 0 Å². The summed E-state index contributed by atoms with van der Waals surface area (Å²) in [4.78, 5) is 10.5. The van der Waals surface area contributed by atoms with Crippen molar-refractivity contribution in [2.75, 3.05) is 5.73 Å². The molecule has 0 fully saturated rings. The van der Waals surface area contributed by atoms with Gasteiger partial charge in [0, 0.05) is 0 Å². The van der Waals surface area contributed by atoms with E-state index in [2.05, 4.69) is 17.0 Å². The normalized spacial score (nSPS) is 9.44. The summed E-state index contributed by atoms with van der Waals surface area (Å²) < 4.78 is 3.69. The SMILES string of the molecule is Nc1sncc1C(=O)S. The third-order valence-corrected chi connectivity index (χ3v) is 1.70. The summed E-state index contributed by atoms with van der Waals surface area (Å²) in [5.41, 5.74) is 5.72. The minimum Gasteiger partial charge on any atom is -0.389 e. The fourth-order valence-electron chi connectivity index (χ4n) is 0.409. The molecule has 0 aliphatic heterocycles. The van der Waals surface area contributed by atoms with Crippen LogP contribution < -0.4 is 5.73 Å². The minimum absolute atomic E-state index is 0.332. The molecule has 1 heterocycles. The van der Waals surface area contributed by atoms with Crippen LogP contribution in [0.1, 0.15) is 10.4 Å². The molecule has 0 aliphatic carbocycles. The molecular formula is C4H4N2OS2. The number of rotatable bonds is 1. The van der Waals surface area contributed by atoms with Crippen LogP contribution in [0.3, 0.4) is 0 Å². The van der Waals surface area contributed by atoms with Crippen molar-refractivity contribution >= 4 is 34.3 Å². The summed E-state index contributed by atoms with van der Waals surface area (Å²) in [7, 11) is 0. The van der Waals surface area contributed by atoms with Crippen LogP contribution in [0.4, 0.5) is 5.00 Å². The van der Waals surface area contributed by atoms with E-state index < -0.39 is 0 Å². The molecule has 0 aromatic carbocycles. The van der Waals surface area contributed by atoms with E-state index in [1.165, 1.54) is 6.20 Å². The second kappa shape index (κ2) is 2.36. The summed E-state index contributed by atoms with van der Waals surface area (Å²) in [6.45, 7) is 0. The van der Waals surface area contributed by atoms with Crippen molar-refractivity contribution in [3.63, 3.8) is 0 Å². The highest BCUT2D eigenvalue weighted by molar-refractivity contribution is 7.97. The molecule has 48 valence electrons. The van der Waals surface area contributed by atoms with Crippen LogP contribution in [0.25, 0.3) is 0 Å². The molecule has 5 heteroatoms. The van der Waals surface area contributed by atoms with E-state index in [1.807, 2.05) is 0 Å². The van der Waals surface area contributed by atoms with Crippen LogP contribution in [0.15, 0.2) is 6.20 Å². The number of anilines is 1. The Bertz CT molecular complexity index is 232. The number of carbonyl (C=O) groups is 1. The monoisotopic (exact) mass is 160 g/mol. The topological polar surface area (TPSA) is 56.0 Å². The zero-order valence-electron chi connectivity index (χ0n) is 4.37. The molecule has 0 bridgehead atoms. The third-order valence-electron chi connectivity index (χ3n) is 0.829. The number of carbonyl (C=O) groups excluding carboxylic acids is 1. The lowest BCUT2D eigenvalue weighted by Gasteiger charge is -1.85. The van der Waals surface area contributed by atoms with Gasteiger partial charge in [0.1, 0.15) is 5.00 Å². The molecule has 1 rings (SSSR count). The van der Waals surface area contributed by atoms with Gasteiger partial charge in [-0.2, -0.15) is 4.37 Å². The first-order chi connectivity index (χ1) is 4.22. The van der Waals surface area contributed by atoms with Gasteiger partial charge in [-0.1, -0.05) is 0 Å². The Kier molecular flexibility index (Phi) is 1.73. The van der Waals surface area contributed by atoms with Crippen molar-refractivity contribution in [3.05, 3.63) is 11.8 Å². The van der Waals surface area contributed by atoms with Crippen molar-refractivity contribution < 1.29 is 4.79 Å². The van der Waals surface area contributed by atoms with Gasteiger partial charge >= 0.3 is 0 Å². The Morgan fingerprint density at radius 3 is 2.78 bits per heavy atom. The van der Waals surface area contributed by atoms with Gasteiger partial charge in [0.2, 0.25) is 5.12 Å². The Balaban J connectivity index is 3.08. The Morgan fingerprint density at radius 2 is 2.56 bits per heavy atom. The fourth-order valence-corrected chi connectivity index (χ4v) is 1.18. The summed E-state index contributed by atoms with van der Waals surface area (Å²) in [6, 6.07) is 0. The van der Waals surface area contributed by atoms with Crippen LogP contribution in [-0.2, 0) is 0 Å². The average molecular weight is 160 g/mol. The van der Waals surface area contributed by atoms with Gasteiger partial charge in [0.15, 0.2) is 0 Å². The number of nitrogens with zero attached hydrogens (tertiary/aromatic N) is 1. The Morgan fingerprint density at radius 1 is 1.89 bits per heavy atom.